The van der Waals surface area contributed by atoms with E-state index in [1.54, 1.807) is 49.0 Å². The summed E-state index contributed by atoms with van der Waals surface area (Å²) in [5.74, 6) is 0.324. The lowest BCUT2D eigenvalue weighted by Crippen LogP contribution is -2.14. The van der Waals surface area contributed by atoms with E-state index in [-0.39, 0.29) is 11.6 Å². The molecule has 0 aliphatic rings. The number of aryl methyl sites for hydroxylation is 1. The van der Waals surface area contributed by atoms with E-state index in [1.807, 2.05) is 19.1 Å². The van der Waals surface area contributed by atoms with Crippen molar-refractivity contribution < 1.29 is 9.53 Å². The first-order valence-corrected chi connectivity index (χ1v) is 8.01. The highest BCUT2D eigenvalue weighted by Crippen LogP contribution is 2.22. The Morgan fingerprint density at radius 3 is 2.76 bits per heavy atom. The first kappa shape index (κ1) is 17.0. The smallest absolute Gasteiger partial charge is 0.278 e. The number of hydrogen-bond donors (Lipinski definition) is 1. The number of benzene rings is 2. The summed E-state index contributed by atoms with van der Waals surface area (Å²) in [5, 5.41) is 11.5. The molecule has 3 aromatic rings. The molecule has 1 amide bonds. The minimum absolute atomic E-state index is 0.252. The lowest BCUT2D eigenvalue weighted by atomic mass is 10.2. The molecule has 3 rings (SSSR count). The van der Waals surface area contributed by atoms with Crippen LogP contribution in [0.25, 0.3) is 5.69 Å². The van der Waals surface area contributed by atoms with Crippen molar-refractivity contribution in [2.75, 3.05) is 12.4 Å². The molecule has 0 aliphatic carbocycles. The third-order valence-electron chi connectivity index (χ3n) is 3.84. The van der Waals surface area contributed by atoms with Crippen LogP contribution in [0.3, 0.4) is 0 Å². The summed E-state index contributed by atoms with van der Waals surface area (Å²) >= 11 is 6.07. The Hall–Kier alpha value is -2.86. The van der Waals surface area contributed by atoms with Crippen molar-refractivity contribution in [1.29, 1.82) is 0 Å². The van der Waals surface area contributed by atoms with Crippen molar-refractivity contribution in [3.05, 3.63) is 64.4 Å². The van der Waals surface area contributed by atoms with E-state index in [0.29, 0.717) is 22.2 Å². The molecule has 0 bridgehead atoms. The van der Waals surface area contributed by atoms with E-state index in [4.69, 9.17) is 16.3 Å². The third kappa shape index (κ3) is 3.49. The molecule has 0 fully saturated rings. The molecule has 1 N–H and O–H groups in total. The van der Waals surface area contributed by atoms with Gasteiger partial charge in [-0.15, -0.1) is 5.10 Å². The second kappa shape index (κ2) is 6.94. The Labute approximate surface area is 150 Å². The largest absolute Gasteiger partial charge is 0.497 e. The number of ether oxygens (including phenoxy) is 1. The van der Waals surface area contributed by atoms with Crippen LogP contribution in [0, 0.1) is 13.8 Å². The zero-order valence-electron chi connectivity index (χ0n) is 14.1. The first-order chi connectivity index (χ1) is 12.0. The molecule has 0 aliphatic heterocycles. The molecular formula is C18H17ClN4O2. The summed E-state index contributed by atoms with van der Waals surface area (Å²) in [6, 6.07) is 12.6. The predicted molar refractivity (Wildman–Crippen MR) is 96.8 cm³/mol. The van der Waals surface area contributed by atoms with Crippen LogP contribution in [-0.2, 0) is 0 Å². The predicted octanol–water partition coefficient (Wildman–Crippen LogP) is 3.80. The number of carbonyl (C=O) groups excluding carboxylic acids is 1. The number of amides is 1. The molecule has 0 spiro atoms. The molecule has 0 atom stereocenters. The van der Waals surface area contributed by atoms with Gasteiger partial charge < -0.3 is 10.1 Å². The van der Waals surface area contributed by atoms with Gasteiger partial charge in [0.2, 0.25) is 0 Å². The van der Waals surface area contributed by atoms with Crippen LogP contribution in [0.15, 0.2) is 42.5 Å². The normalized spacial score (nSPS) is 10.6. The molecule has 2 aromatic carbocycles. The quantitative estimate of drug-likeness (QED) is 0.772. The van der Waals surface area contributed by atoms with Gasteiger partial charge in [-0.1, -0.05) is 28.9 Å². The van der Waals surface area contributed by atoms with E-state index < -0.39 is 0 Å². The summed E-state index contributed by atoms with van der Waals surface area (Å²) in [5.41, 5.74) is 3.28. The summed E-state index contributed by atoms with van der Waals surface area (Å²) in [6.45, 7) is 3.74. The molecule has 1 aromatic heterocycles. The van der Waals surface area contributed by atoms with Gasteiger partial charge in [-0.05, 0) is 43.7 Å². The minimum atomic E-state index is -0.336. The fourth-order valence-electron chi connectivity index (χ4n) is 2.47. The van der Waals surface area contributed by atoms with Gasteiger partial charge >= 0.3 is 0 Å². The highest BCUT2D eigenvalue weighted by molar-refractivity contribution is 6.30. The highest BCUT2D eigenvalue weighted by Gasteiger charge is 2.18. The van der Waals surface area contributed by atoms with Crippen LogP contribution in [0.1, 0.15) is 21.7 Å². The molecule has 25 heavy (non-hydrogen) atoms. The zero-order chi connectivity index (χ0) is 18.0. The van der Waals surface area contributed by atoms with Gasteiger partial charge in [-0.3, -0.25) is 4.79 Å². The molecule has 0 radical (unpaired) electrons. The molecule has 7 heteroatoms. The van der Waals surface area contributed by atoms with E-state index in [1.165, 1.54) is 0 Å². The topological polar surface area (TPSA) is 69.0 Å². The van der Waals surface area contributed by atoms with E-state index >= 15 is 0 Å². The van der Waals surface area contributed by atoms with Crippen LogP contribution in [0.4, 0.5) is 5.69 Å². The fourth-order valence-corrected chi connectivity index (χ4v) is 2.64. The van der Waals surface area contributed by atoms with Crippen LogP contribution < -0.4 is 10.1 Å². The number of aromatic nitrogens is 3. The lowest BCUT2D eigenvalue weighted by Gasteiger charge is -2.08. The number of methoxy groups -OCH3 is 1. The average molecular weight is 357 g/mol. The van der Waals surface area contributed by atoms with Gasteiger partial charge in [0.15, 0.2) is 5.69 Å². The fraction of sp³-hybridized carbons (Fsp3) is 0.167. The van der Waals surface area contributed by atoms with Crippen LogP contribution >= 0.6 is 11.6 Å². The summed E-state index contributed by atoms with van der Waals surface area (Å²) in [7, 11) is 1.57. The molecule has 0 saturated heterocycles. The van der Waals surface area contributed by atoms with Gasteiger partial charge in [0.1, 0.15) is 5.75 Å². The maximum absolute atomic E-state index is 12.5. The standard InChI is InChI=1S/C18H17ClN4O2/c1-11-7-8-13(19)9-16(11)23-12(2)17(21-22-23)18(24)20-14-5-4-6-15(10-14)25-3/h4-10H,1-3H3,(H,20,24). The molecule has 6 nitrogen and oxygen atoms in total. The Bertz CT molecular complexity index is 937. The molecular weight excluding hydrogens is 340 g/mol. The summed E-state index contributed by atoms with van der Waals surface area (Å²) in [6.07, 6.45) is 0. The van der Waals surface area contributed by atoms with Crippen molar-refractivity contribution in [3.63, 3.8) is 0 Å². The third-order valence-corrected chi connectivity index (χ3v) is 4.07. The van der Waals surface area contributed by atoms with Gasteiger partial charge in [-0.25, -0.2) is 4.68 Å². The van der Waals surface area contributed by atoms with Crippen molar-refractivity contribution in [2.45, 2.75) is 13.8 Å². The molecule has 0 saturated carbocycles. The molecule has 0 unspecified atom stereocenters. The van der Waals surface area contributed by atoms with Gasteiger partial charge in [0.05, 0.1) is 18.5 Å². The van der Waals surface area contributed by atoms with E-state index in [2.05, 4.69) is 15.6 Å². The second-order valence-corrected chi connectivity index (χ2v) is 5.99. The zero-order valence-corrected chi connectivity index (χ0v) is 14.8. The Kier molecular flexibility index (Phi) is 4.72. The minimum Gasteiger partial charge on any atom is -0.497 e. The molecule has 1 heterocycles. The van der Waals surface area contributed by atoms with E-state index in [0.717, 1.165) is 11.3 Å². The number of halogens is 1. The number of rotatable bonds is 4. The first-order valence-electron chi connectivity index (χ1n) is 7.64. The highest BCUT2D eigenvalue weighted by atomic mass is 35.5. The second-order valence-electron chi connectivity index (χ2n) is 5.55. The number of nitrogens with one attached hydrogen (secondary N) is 1. The Morgan fingerprint density at radius 1 is 1.20 bits per heavy atom. The number of hydrogen-bond acceptors (Lipinski definition) is 4. The number of carbonyl (C=O) groups is 1. The van der Waals surface area contributed by atoms with Gasteiger partial charge in [0, 0.05) is 16.8 Å². The summed E-state index contributed by atoms with van der Waals surface area (Å²) in [4.78, 5) is 12.5. The average Bonchev–Trinajstić information content (AvgIpc) is 2.98. The number of nitrogens with zero attached hydrogens (tertiary/aromatic N) is 3. The van der Waals surface area contributed by atoms with Gasteiger partial charge in [-0.2, -0.15) is 0 Å². The Balaban J connectivity index is 1.90. The SMILES string of the molecule is COc1cccc(NC(=O)c2nnn(-c3cc(Cl)ccc3C)c2C)c1. The lowest BCUT2D eigenvalue weighted by molar-refractivity contribution is 0.102. The van der Waals surface area contributed by atoms with E-state index in [9.17, 15) is 4.79 Å². The van der Waals surface area contributed by atoms with Gasteiger partial charge in [0.25, 0.3) is 5.91 Å². The van der Waals surface area contributed by atoms with Crippen molar-refractivity contribution in [3.8, 4) is 11.4 Å². The number of anilines is 1. The monoisotopic (exact) mass is 356 g/mol. The summed E-state index contributed by atoms with van der Waals surface area (Å²) < 4.78 is 6.77. The Morgan fingerprint density at radius 2 is 2.00 bits per heavy atom. The van der Waals surface area contributed by atoms with Crippen LogP contribution in [0.2, 0.25) is 5.02 Å². The van der Waals surface area contributed by atoms with Crippen LogP contribution in [-0.4, -0.2) is 28.0 Å². The molecule has 128 valence electrons. The maximum atomic E-state index is 12.5. The van der Waals surface area contributed by atoms with Crippen molar-refractivity contribution >= 4 is 23.2 Å². The van der Waals surface area contributed by atoms with Crippen molar-refractivity contribution in [1.82, 2.24) is 15.0 Å². The van der Waals surface area contributed by atoms with Crippen LogP contribution in [0.5, 0.6) is 5.75 Å². The van der Waals surface area contributed by atoms with Crippen molar-refractivity contribution in [2.24, 2.45) is 0 Å². The maximum Gasteiger partial charge on any atom is 0.278 e.